The van der Waals surface area contributed by atoms with Gasteiger partial charge < -0.3 is 15.2 Å². The third kappa shape index (κ3) is 2.51. The molecule has 0 spiro atoms. The number of carbonyl (C=O) groups excluding carboxylic acids is 1. The molecule has 0 bridgehead atoms. The van der Waals surface area contributed by atoms with E-state index >= 15 is 0 Å². The van der Waals surface area contributed by atoms with E-state index in [-0.39, 0.29) is 11.9 Å². The number of halogens is 1. The van der Waals surface area contributed by atoms with Crippen LogP contribution in [0.3, 0.4) is 0 Å². The first kappa shape index (κ1) is 13.0. The maximum Gasteiger partial charge on any atom is 0.270 e. The van der Waals surface area contributed by atoms with Crippen LogP contribution < -0.4 is 5.73 Å². The van der Waals surface area contributed by atoms with Crippen LogP contribution in [0.1, 0.15) is 42.7 Å². The second-order valence-electron chi connectivity index (χ2n) is 5.86. The molecule has 5 heteroatoms. The van der Waals surface area contributed by atoms with Crippen LogP contribution in [0.25, 0.3) is 0 Å². The summed E-state index contributed by atoms with van der Waals surface area (Å²) >= 11 is 6.06. The van der Waals surface area contributed by atoms with Gasteiger partial charge >= 0.3 is 0 Å². The number of hydrogen-bond donors (Lipinski definition) is 1. The van der Waals surface area contributed by atoms with E-state index in [1.165, 1.54) is 0 Å². The molecule has 1 saturated heterocycles. The van der Waals surface area contributed by atoms with Gasteiger partial charge in [0.25, 0.3) is 5.91 Å². The Bertz CT molecular complexity index is 495. The zero-order valence-corrected chi connectivity index (χ0v) is 11.9. The van der Waals surface area contributed by atoms with E-state index < -0.39 is 0 Å². The summed E-state index contributed by atoms with van der Waals surface area (Å²) in [6.45, 7) is 3.59. The quantitative estimate of drug-likeness (QED) is 0.904. The van der Waals surface area contributed by atoms with Gasteiger partial charge in [-0.2, -0.15) is 0 Å². The molecule has 2 unspecified atom stereocenters. The molecule has 1 aliphatic heterocycles. The SMILES string of the molecule is CC1CCN(C(=O)c2cc(Cl)cn2C2CC2)CC1N. The number of nitrogens with two attached hydrogens (primary N) is 1. The van der Waals surface area contributed by atoms with Gasteiger partial charge in [0.05, 0.1) is 5.02 Å². The lowest BCUT2D eigenvalue weighted by atomic mass is 9.94. The Morgan fingerprint density at radius 3 is 2.79 bits per heavy atom. The normalized spacial score (nSPS) is 27.6. The van der Waals surface area contributed by atoms with Gasteiger partial charge in [0.15, 0.2) is 0 Å². The van der Waals surface area contributed by atoms with Crippen molar-refractivity contribution >= 4 is 17.5 Å². The van der Waals surface area contributed by atoms with Crippen molar-refractivity contribution in [2.75, 3.05) is 13.1 Å². The molecule has 2 aliphatic rings. The number of hydrogen-bond acceptors (Lipinski definition) is 2. The fourth-order valence-electron chi connectivity index (χ4n) is 2.72. The molecule has 4 nitrogen and oxygen atoms in total. The minimum atomic E-state index is 0.0705. The summed E-state index contributed by atoms with van der Waals surface area (Å²) in [5.41, 5.74) is 6.79. The van der Waals surface area contributed by atoms with E-state index in [1.807, 2.05) is 15.7 Å². The average molecular weight is 282 g/mol. The average Bonchev–Trinajstić information content (AvgIpc) is 3.15. The number of rotatable bonds is 2. The van der Waals surface area contributed by atoms with Gasteiger partial charge in [0, 0.05) is 31.4 Å². The Morgan fingerprint density at radius 2 is 2.16 bits per heavy atom. The molecular formula is C14H20ClN3O. The Morgan fingerprint density at radius 1 is 1.42 bits per heavy atom. The first-order chi connectivity index (χ1) is 9.06. The van der Waals surface area contributed by atoms with Crippen LogP contribution in [0.2, 0.25) is 5.02 Å². The van der Waals surface area contributed by atoms with Gasteiger partial charge in [-0.3, -0.25) is 4.79 Å². The molecule has 104 valence electrons. The number of amides is 1. The third-order valence-corrected chi connectivity index (χ3v) is 4.48. The van der Waals surface area contributed by atoms with Gasteiger partial charge in [0.2, 0.25) is 0 Å². The van der Waals surface area contributed by atoms with Crippen LogP contribution in [0.15, 0.2) is 12.3 Å². The zero-order chi connectivity index (χ0) is 13.6. The van der Waals surface area contributed by atoms with E-state index in [1.54, 1.807) is 6.07 Å². The zero-order valence-electron chi connectivity index (χ0n) is 11.2. The second-order valence-corrected chi connectivity index (χ2v) is 6.30. The van der Waals surface area contributed by atoms with E-state index in [0.29, 0.717) is 29.2 Å². The van der Waals surface area contributed by atoms with Crippen molar-refractivity contribution in [3.63, 3.8) is 0 Å². The number of nitrogens with zero attached hydrogens (tertiary/aromatic N) is 2. The predicted molar refractivity (Wildman–Crippen MR) is 75.4 cm³/mol. The summed E-state index contributed by atoms with van der Waals surface area (Å²) in [6.07, 6.45) is 5.13. The third-order valence-electron chi connectivity index (χ3n) is 4.28. The van der Waals surface area contributed by atoms with E-state index in [2.05, 4.69) is 6.92 Å². The van der Waals surface area contributed by atoms with Gasteiger partial charge in [0.1, 0.15) is 5.69 Å². The second kappa shape index (κ2) is 4.84. The topological polar surface area (TPSA) is 51.3 Å². The maximum absolute atomic E-state index is 12.6. The Labute approximate surface area is 118 Å². The molecule has 3 rings (SSSR count). The number of aromatic nitrogens is 1. The largest absolute Gasteiger partial charge is 0.339 e. The highest BCUT2D eigenvalue weighted by Gasteiger charge is 2.32. The Kier molecular flexibility index (Phi) is 3.31. The van der Waals surface area contributed by atoms with Gasteiger partial charge in [-0.25, -0.2) is 0 Å². The molecule has 1 aliphatic carbocycles. The van der Waals surface area contributed by atoms with Crippen molar-refractivity contribution in [1.29, 1.82) is 0 Å². The highest BCUT2D eigenvalue weighted by Crippen LogP contribution is 2.37. The van der Waals surface area contributed by atoms with Crippen molar-refractivity contribution in [3.05, 3.63) is 23.0 Å². The summed E-state index contributed by atoms with van der Waals surface area (Å²) in [5, 5.41) is 0.643. The molecule has 0 aromatic carbocycles. The van der Waals surface area contributed by atoms with Crippen molar-refractivity contribution in [3.8, 4) is 0 Å². The Balaban J connectivity index is 1.80. The van der Waals surface area contributed by atoms with Crippen molar-refractivity contribution < 1.29 is 4.79 Å². The van der Waals surface area contributed by atoms with Crippen LogP contribution in [-0.4, -0.2) is 34.5 Å². The number of piperidine rings is 1. The first-order valence-corrected chi connectivity index (χ1v) is 7.36. The van der Waals surface area contributed by atoms with Crippen molar-refractivity contribution in [2.45, 2.75) is 38.3 Å². The molecule has 1 saturated carbocycles. The smallest absolute Gasteiger partial charge is 0.270 e. The van der Waals surface area contributed by atoms with Crippen LogP contribution >= 0.6 is 11.6 Å². The monoisotopic (exact) mass is 281 g/mol. The number of likely N-dealkylation sites (tertiary alicyclic amines) is 1. The van der Waals surface area contributed by atoms with Gasteiger partial charge in [-0.1, -0.05) is 18.5 Å². The molecule has 2 heterocycles. The molecule has 1 aromatic heterocycles. The predicted octanol–water partition coefficient (Wildman–Crippen LogP) is 2.29. The van der Waals surface area contributed by atoms with Crippen LogP contribution in [-0.2, 0) is 0 Å². The summed E-state index contributed by atoms with van der Waals surface area (Å²) < 4.78 is 2.04. The molecule has 2 fully saturated rings. The summed E-state index contributed by atoms with van der Waals surface area (Å²) in [5.74, 6) is 0.559. The van der Waals surface area contributed by atoms with E-state index in [0.717, 1.165) is 25.8 Å². The minimum Gasteiger partial charge on any atom is -0.339 e. The number of carbonyl (C=O) groups is 1. The van der Waals surface area contributed by atoms with Gasteiger partial charge in [-0.15, -0.1) is 0 Å². The fourth-order valence-corrected chi connectivity index (χ4v) is 2.93. The molecule has 0 radical (unpaired) electrons. The molecule has 1 aromatic rings. The summed E-state index contributed by atoms with van der Waals surface area (Å²) in [7, 11) is 0. The molecule has 2 atom stereocenters. The first-order valence-electron chi connectivity index (χ1n) is 6.98. The molecular weight excluding hydrogens is 262 g/mol. The highest BCUT2D eigenvalue weighted by molar-refractivity contribution is 6.31. The van der Waals surface area contributed by atoms with Crippen molar-refractivity contribution in [1.82, 2.24) is 9.47 Å². The lowest BCUT2D eigenvalue weighted by Crippen LogP contribution is -2.50. The molecule has 19 heavy (non-hydrogen) atoms. The van der Waals surface area contributed by atoms with Gasteiger partial charge in [-0.05, 0) is 31.2 Å². The lowest BCUT2D eigenvalue weighted by Gasteiger charge is -2.35. The van der Waals surface area contributed by atoms with E-state index in [9.17, 15) is 4.79 Å². The minimum absolute atomic E-state index is 0.0705. The lowest BCUT2D eigenvalue weighted by molar-refractivity contribution is 0.0661. The standard InChI is InChI=1S/C14H20ClN3O/c1-9-4-5-17(8-12(9)16)14(19)13-6-10(15)7-18(13)11-2-3-11/h6-7,9,11-12H,2-5,8,16H2,1H3. The maximum atomic E-state index is 12.6. The highest BCUT2D eigenvalue weighted by atomic mass is 35.5. The van der Waals surface area contributed by atoms with Crippen molar-refractivity contribution in [2.24, 2.45) is 11.7 Å². The van der Waals surface area contributed by atoms with E-state index in [4.69, 9.17) is 17.3 Å². The fraction of sp³-hybridized carbons (Fsp3) is 0.643. The summed E-state index contributed by atoms with van der Waals surface area (Å²) in [4.78, 5) is 14.5. The van der Waals surface area contributed by atoms with Crippen LogP contribution in [0, 0.1) is 5.92 Å². The molecule has 1 amide bonds. The van der Waals surface area contributed by atoms with Crippen LogP contribution in [0.5, 0.6) is 0 Å². The Hall–Kier alpha value is -1.00. The van der Waals surface area contributed by atoms with Crippen LogP contribution in [0.4, 0.5) is 0 Å². The summed E-state index contributed by atoms with van der Waals surface area (Å²) in [6, 6.07) is 2.33. The molecule has 2 N–H and O–H groups in total.